The molecule has 3 aromatic rings. The quantitative estimate of drug-likeness (QED) is 0.0165. The lowest BCUT2D eigenvalue weighted by Crippen LogP contribution is -2.54. The second kappa shape index (κ2) is 54.7. The van der Waals surface area contributed by atoms with Crippen LogP contribution in [0.2, 0.25) is 0 Å². The van der Waals surface area contributed by atoms with Crippen LogP contribution in [0.3, 0.4) is 0 Å². The lowest BCUT2D eigenvalue weighted by Gasteiger charge is -2.28. The minimum atomic E-state index is -2.02. The van der Waals surface area contributed by atoms with Gasteiger partial charge in [0.05, 0.1) is 50.5 Å². The van der Waals surface area contributed by atoms with Gasteiger partial charge in [0, 0.05) is 97.0 Å². The lowest BCUT2D eigenvalue weighted by atomic mass is 9.84. The number of aromatic amines is 1. The summed E-state index contributed by atoms with van der Waals surface area (Å²) < 4.78 is 5.85. The zero-order chi connectivity index (χ0) is 87.0. The predicted octanol–water partition coefficient (Wildman–Crippen LogP) is -0.284. The molecule has 630 valence electrons. The first-order valence-electron chi connectivity index (χ1n) is 37.3. The molecule has 1 fully saturated rings. The zero-order valence-corrected chi connectivity index (χ0v) is 65.4. The van der Waals surface area contributed by atoms with Crippen molar-refractivity contribution in [1.82, 2.24) is 47.5 Å². The summed E-state index contributed by atoms with van der Waals surface area (Å²) in [6, 6.07) is 3.40. The number of carbonyl (C=O) groups is 17. The Kier molecular flexibility index (Phi) is 48.0. The number of hydrogen-bond acceptors (Lipinski definition) is 27. The Balaban J connectivity index is 0.00000699. The molecule has 0 radical (unpaired) electrons. The number of rotatable bonds is 32. The number of carbonyl (C=O) groups excluding carboxylic acids is 22. The van der Waals surface area contributed by atoms with Crippen molar-refractivity contribution in [3.05, 3.63) is 65.9 Å². The number of carboxylic acid groups (broad SMARTS) is 1. The first-order valence-corrected chi connectivity index (χ1v) is 37.3. The normalized spacial score (nSPS) is 20.6. The standard InChI is InChI=1S/C74H106N12O20.3CO2/c1-8-9-10-11-12-13-14-20-48(88)29-46(28-47-36-78-54-24-18-16-21-49(47)54)71(102)85-56(35-64(77)94)62(92)30-45(31-67(97)98)59(89)33-52-44(7)106-74(105)57(34-60(90)50-22-15-17-23-53(50)76)86-73(104)51(40(2)3)32-63(93)58(39-87)84-66(96)37-79-69(100)42(5)82-70(101)43(6)81-68(99)41(4)27-61(91)55(25-19-26-75)83-65(95)38-80-72(52)103;3*2-1-3/h15-18,21-24,36,40-46,51-52,55-58,78,87H,8-14,19-20,25-35,37-39,75-76H2,1-7H3,(H2,77,94)(H,79,100)(H,80,103)(H,81,99)(H,82,101)(H,83,95)(H,84,96)(H,85,102)(H,86,104)(H,97,98);;;. The van der Waals surface area contributed by atoms with Crippen LogP contribution in [0, 0.1) is 35.5 Å². The number of Topliss-reactive ketones (excluding diaryl/α,β-unsaturated/α-hetero) is 6. The summed E-state index contributed by atoms with van der Waals surface area (Å²) in [7, 11) is 0. The number of primary amides is 1. The number of cyclic esters (lactones) is 1. The smallest absolute Gasteiger partial charge is 0.373 e. The number of esters is 1. The second-order valence-electron chi connectivity index (χ2n) is 27.9. The van der Waals surface area contributed by atoms with E-state index >= 15 is 0 Å². The van der Waals surface area contributed by atoms with Gasteiger partial charge in [0.2, 0.25) is 53.2 Å². The number of fused-ring (bicyclic) bond motifs is 1. The number of para-hydroxylation sites is 2. The number of benzene rings is 2. The number of ether oxygens (including phenoxy) is 1. The fourth-order valence-corrected chi connectivity index (χ4v) is 12.2. The lowest BCUT2D eigenvalue weighted by molar-refractivity contribution is -0.193. The van der Waals surface area contributed by atoms with Crippen LogP contribution in [0.1, 0.15) is 180 Å². The van der Waals surface area contributed by atoms with Crippen molar-refractivity contribution in [2.24, 2.45) is 47.0 Å². The molecule has 1 saturated heterocycles. The van der Waals surface area contributed by atoms with Gasteiger partial charge in [-0.2, -0.15) is 28.8 Å². The first kappa shape index (κ1) is 101. The van der Waals surface area contributed by atoms with E-state index in [2.05, 4.69) is 54.4 Å². The van der Waals surface area contributed by atoms with Crippen molar-refractivity contribution in [3.63, 3.8) is 0 Å². The third-order valence-electron chi connectivity index (χ3n) is 18.6. The zero-order valence-electron chi connectivity index (χ0n) is 65.4. The van der Waals surface area contributed by atoms with E-state index in [1.54, 1.807) is 18.3 Å². The molecule has 0 bridgehead atoms. The number of nitrogens with one attached hydrogen (secondary N) is 9. The van der Waals surface area contributed by atoms with Crippen molar-refractivity contribution in [1.29, 1.82) is 0 Å². The minimum absolute atomic E-state index is 0.0124. The number of aliphatic hydroxyl groups is 1. The van der Waals surface area contributed by atoms with Crippen LogP contribution < -0.4 is 59.7 Å². The largest absolute Gasteiger partial charge is 0.481 e. The van der Waals surface area contributed by atoms with E-state index in [0.29, 0.717) is 12.0 Å². The summed E-state index contributed by atoms with van der Waals surface area (Å²) in [6.07, 6.45) is 0.733. The molecule has 2 heterocycles. The number of nitrogen functional groups attached to an aromatic ring is 1. The molecule has 1 aliphatic rings. The van der Waals surface area contributed by atoms with Gasteiger partial charge in [-0.3, -0.25) is 76.7 Å². The number of hydrogen-bond donors (Lipinski definition) is 14. The molecule has 2 aromatic carbocycles. The fourth-order valence-electron chi connectivity index (χ4n) is 12.2. The summed E-state index contributed by atoms with van der Waals surface area (Å²) in [5.41, 5.74) is 18.8. The molecule has 0 saturated carbocycles. The number of nitrogens with two attached hydrogens (primary N) is 3. The summed E-state index contributed by atoms with van der Waals surface area (Å²) in [5.74, 6) is -25.1. The number of amides is 9. The average molecular weight is 1620 g/mol. The molecule has 0 aliphatic carbocycles. The van der Waals surface area contributed by atoms with Crippen molar-refractivity contribution in [2.75, 3.05) is 32.0 Å². The molecular weight excluding hydrogens is 1510 g/mol. The number of ketones is 6. The van der Waals surface area contributed by atoms with E-state index < -0.39 is 237 Å². The highest BCUT2D eigenvalue weighted by Gasteiger charge is 2.40. The molecule has 12 atom stereocenters. The summed E-state index contributed by atoms with van der Waals surface area (Å²) in [4.78, 5) is 287. The number of aromatic nitrogens is 1. The number of anilines is 1. The van der Waals surface area contributed by atoms with Gasteiger partial charge in [-0.15, -0.1) is 0 Å². The highest BCUT2D eigenvalue weighted by Crippen LogP contribution is 2.27. The van der Waals surface area contributed by atoms with E-state index in [0.717, 1.165) is 56.4 Å². The van der Waals surface area contributed by atoms with Gasteiger partial charge in [0.25, 0.3) is 0 Å². The van der Waals surface area contributed by atoms with E-state index in [4.69, 9.17) is 50.7 Å². The molecule has 4 rings (SSSR count). The van der Waals surface area contributed by atoms with Crippen LogP contribution >= 0.6 is 0 Å². The Morgan fingerprint density at radius 2 is 1.17 bits per heavy atom. The van der Waals surface area contributed by atoms with Crippen LogP contribution in [0.4, 0.5) is 5.69 Å². The number of carboxylic acids is 1. The van der Waals surface area contributed by atoms with Crippen molar-refractivity contribution in [3.8, 4) is 0 Å². The van der Waals surface area contributed by atoms with E-state index in [-0.39, 0.29) is 74.1 Å². The molecule has 0 spiro atoms. The maximum absolute atomic E-state index is 14.9. The SMILES string of the molecule is CCCCCCCCCC(=O)CC(Cc1c[nH]c2ccccc12)C(=O)NC(CC(N)=O)C(=O)CC(CC(=O)O)C(=O)CC1C(=O)NCC(=O)NC(CCCN)C(=O)CC(C)C(=O)NC(C)C(=O)NC(C)C(=O)NCC(=O)NC(CO)C(=O)CC(C(C)C)C(=O)NC(CC(=O)c2ccccc2N)C(=O)OC1C.O=C=O.O=C=O.O=C=O. The molecule has 38 heteroatoms. The number of aliphatic hydroxyl groups excluding tert-OH is 1. The Morgan fingerprint density at radius 1 is 0.609 bits per heavy atom. The van der Waals surface area contributed by atoms with Crippen LogP contribution in [-0.2, 0) is 117 Å². The van der Waals surface area contributed by atoms with Crippen LogP contribution in [0.25, 0.3) is 10.9 Å². The molecule has 1 aliphatic heterocycles. The van der Waals surface area contributed by atoms with Gasteiger partial charge in [-0.1, -0.05) is 96.6 Å². The van der Waals surface area contributed by atoms with Crippen LogP contribution in [0.15, 0.2) is 54.7 Å². The third kappa shape index (κ3) is 37.9. The molecule has 9 amide bonds. The Morgan fingerprint density at radius 3 is 1.75 bits per heavy atom. The second-order valence-corrected chi connectivity index (χ2v) is 27.9. The average Bonchev–Trinajstić information content (AvgIpc) is 1.78. The van der Waals surface area contributed by atoms with Gasteiger partial charge in [0.1, 0.15) is 41.8 Å². The predicted molar refractivity (Wildman–Crippen MR) is 401 cm³/mol. The van der Waals surface area contributed by atoms with Gasteiger partial charge in [0.15, 0.2) is 23.1 Å². The fraction of sp³-hybridized carbons (Fsp3) is 0.558. The first-order chi connectivity index (χ1) is 54.4. The molecule has 12 unspecified atom stereocenters. The Bertz CT molecular complexity index is 3920. The molecular formula is C77H106N12O26. The Labute approximate surface area is 662 Å². The Hall–Kier alpha value is -12.0. The summed E-state index contributed by atoms with van der Waals surface area (Å²) in [5, 5.41) is 40.5. The summed E-state index contributed by atoms with van der Waals surface area (Å²) in [6.45, 7) is 7.37. The van der Waals surface area contributed by atoms with Gasteiger partial charge in [-0.05, 0) is 82.7 Å². The van der Waals surface area contributed by atoms with E-state index in [1.165, 1.54) is 58.9 Å². The maximum Gasteiger partial charge on any atom is 0.373 e. The van der Waals surface area contributed by atoms with Crippen molar-refractivity contribution in [2.45, 2.75) is 213 Å². The van der Waals surface area contributed by atoms with Gasteiger partial charge >= 0.3 is 30.4 Å². The molecule has 17 N–H and O–H groups in total. The van der Waals surface area contributed by atoms with Crippen LogP contribution in [-0.4, -0.2) is 202 Å². The van der Waals surface area contributed by atoms with E-state index in [1.807, 2.05) is 12.1 Å². The monoisotopic (exact) mass is 1610 g/mol. The van der Waals surface area contributed by atoms with E-state index in [9.17, 15) is 91.7 Å². The number of unbranched alkanes of at least 4 members (excludes halogenated alkanes) is 6. The summed E-state index contributed by atoms with van der Waals surface area (Å²) >= 11 is 0. The molecule has 38 nitrogen and oxygen atoms in total. The molecule has 115 heavy (non-hydrogen) atoms. The topological polar surface area (TPSA) is 632 Å². The number of aliphatic carboxylic acids is 1. The van der Waals surface area contributed by atoms with Gasteiger partial charge < -0.3 is 79.7 Å². The molecule has 1 aromatic heterocycles. The third-order valence-corrected chi connectivity index (χ3v) is 18.6. The number of H-pyrrole nitrogens is 1. The minimum Gasteiger partial charge on any atom is -0.481 e. The van der Waals surface area contributed by atoms with Crippen molar-refractivity contribution >= 4 is 135 Å². The highest BCUT2D eigenvalue weighted by atomic mass is 16.5. The van der Waals surface area contributed by atoms with Gasteiger partial charge in [-0.25, -0.2) is 4.79 Å². The highest BCUT2D eigenvalue weighted by molar-refractivity contribution is 6.05. The maximum atomic E-state index is 14.9. The van der Waals surface area contributed by atoms with Crippen molar-refractivity contribution < 1.29 is 125 Å². The van der Waals surface area contributed by atoms with Crippen LogP contribution in [0.5, 0.6) is 0 Å².